The second-order valence-electron chi connectivity index (χ2n) is 5.25. The molecule has 1 aliphatic rings. The Kier molecular flexibility index (Phi) is 6.46. The predicted octanol–water partition coefficient (Wildman–Crippen LogP) is 1.36. The fraction of sp³-hybridized carbons (Fsp3) is 0.500. The summed E-state index contributed by atoms with van der Waals surface area (Å²) in [6.07, 6.45) is 3.75. The lowest BCUT2D eigenvalue weighted by Gasteiger charge is -2.23. The van der Waals surface area contributed by atoms with Crippen molar-refractivity contribution in [2.24, 2.45) is 5.73 Å². The van der Waals surface area contributed by atoms with Crippen LogP contribution in [0.25, 0.3) is 4.96 Å². The fourth-order valence-corrected chi connectivity index (χ4v) is 4.23. The third-order valence-electron chi connectivity index (χ3n) is 3.80. The number of likely N-dealkylation sites (tertiary alicyclic amines) is 1. The standard InChI is InChI=1S/C14H18N4O2S2.ClH/c15-7-11-2-1-3-17(11)13(20)9-21-8-10-6-12(19)18-4-5-22-14(18)16-10;/h4-6,11H,1-3,7-9,15H2;1H. The molecule has 2 N–H and O–H groups in total. The molecule has 3 heterocycles. The summed E-state index contributed by atoms with van der Waals surface area (Å²) in [7, 11) is 0. The maximum Gasteiger partial charge on any atom is 0.258 e. The van der Waals surface area contributed by atoms with Crippen LogP contribution in [-0.4, -0.2) is 45.1 Å². The van der Waals surface area contributed by atoms with E-state index in [2.05, 4.69) is 4.98 Å². The van der Waals surface area contributed by atoms with Gasteiger partial charge in [-0.2, -0.15) is 0 Å². The van der Waals surface area contributed by atoms with Crippen LogP contribution in [0.3, 0.4) is 0 Å². The summed E-state index contributed by atoms with van der Waals surface area (Å²) in [5.41, 5.74) is 6.35. The Morgan fingerprint density at radius 2 is 2.35 bits per heavy atom. The Morgan fingerprint density at radius 3 is 3.13 bits per heavy atom. The van der Waals surface area contributed by atoms with E-state index in [1.165, 1.54) is 33.6 Å². The number of carbonyl (C=O) groups is 1. The quantitative estimate of drug-likeness (QED) is 0.854. The number of nitrogens with two attached hydrogens (primary N) is 1. The number of thiazole rings is 1. The van der Waals surface area contributed by atoms with Crippen molar-refractivity contribution in [3.63, 3.8) is 0 Å². The highest BCUT2D eigenvalue weighted by Crippen LogP contribution is 2.19. The largest absolute Gasteiger partial charge is 0.338 e. The van der Waals surface area contributed by atoms with Crippen LogP contribution in [0.5, 0.6) is 0 Å². The van der Waals surface area contributed by atoms with Gasteiger partial charge >= 0.3 is 0 Å². The summed E-state index contributed by atoms with van der Waals surface area (Å²) < 4.78 is 1.53. The fourth-order valence-electron chi connectivity index (χ4n) is 2.70. The molecule has 9 heteroatoms. The van der Waals surface area contributed by atoms with E-state index in [9.17, 15) is 9.59 Å². The van der Waals surface area contributed by atoms with Gasteiger partial charge in [0, 0.05) is 42.5 Å². The highest BCUT2D eigenvalue weighted by molar-refractivity contribution is 7.99. The van der Waals surface area contributed by atoms with E-state index in [-0.39, 0.29) is 29.9 Å². The molecule has 0 bridgehead atoms. The zero-order valence-corrected chi connectivity index (χ0v) is 15.0. The normalized spacial score (nSPS) is 17.4. The summed E-state index contributed by atoms with van der Waals surface area (Å²) in [5.74, 6) is 1.10. The second kappa shape index (κ2) is 8.14. The minimum atomic E-state index is -0.0732. The Labute approximate surface area is 148 Å². The molecule has 126 valence electrons. The molecule has 0 aliphatic carbocycles. The Bertz CT molecular complexity index is 733. The summed E-state index contributed by atoms with van der Waals surface area (Å²) in [4.78, 5) is 31.1. The van der Waals surface area contributed by atoms with Gasteiger partial charge in [0.2, 0.25) is 5.91 Å². The molecule has 1 amide bonds. The lowest BCUT2D eigenvalue weighted by Crippen LogP contribution is -2.40. The van der Waals surface area contributed by atoms with Crippen LogP contribution in [0.15, 0.2) is 22.4 Å². The number of aromatic nitrogens is 2. The number of thioether (sulfide) groups is 1. The number of rotatable bonds is 5. The van der Waals surface area contributed by atoms with E-state index in [4.69, 9.17) is 5.73 Å². The minimum Gasteiger partial charge on any atom is -0.338 e. The molecule has 0 radical (unpaired) electrons. The average molecular weight is 375 g/mol. The van der Waals surface area contributed by atoms with Crippen LogP contribution < -0.4 is 11.3 Å². The molecule has 1 atom stereocenters. The average Bonchev–Trinajstić information content (AvgIpc) is 3.15. The molecule has 0 saturated carbocycles. The SMILES string of the molecule is Cl.NCC1CCCN1C(=O)CSCc1cc(=O)n2ccsc2n1. The number of hydrogen-bond donors (Lipinski definition) is 1. The van der Waals surface area contributed by atoms with E-state index >= 15 is 0 Å². The molecule has 23 heavy (non-hydrogen) atoms. The van der Waals surface area contributed by atoms with Crippen LogP contribution in [-0.2, 0) is 10.5 Å². The maximum atomic E-state index is 12.2. The van der Waals surface area contributed by atoms with Crippen molar-refractivity contribution in [2.45, 2.75) is 24.6 Å². The first-order valence-electron chi connectivity index (χ1n) is 7.22. The first-order valence-corrected chi connectivity index (χ1v) is 9.25. The summed E-state index contributed by atoms with van der Waals surface area (Å²) in [5, 5.41) is 1.84. The number of carbonyl (C=O) groups excluding carboxylic acids is 1. The monoisotopic (exact) mass is 374 g/mol. The van der Waals surface area contributed by atoms with Gasteiger partial charge in [-0.05, 0) is 12.8 Å². The number of halogens is 1. The van der Waals surface area contributed by atoms with Crippen molar-refractivity contribution >= 4 is 46.4 Å². The van der Waals surface area contributed by atoms with Crippen molar-refractivity contribution in [3.8, 4) is 0 Å². The molecular formula is C14H19ClN4O2S2. The number of fused-ring (bicyclic) bond motifs is 1. The van der Waals surface area contributed by atoms with Gasteiger partial charge in [0.05, 0.1) is 11.4 Å². The van der Waals surface area contributed by atoms with Crippen molar-refractivity contribution in [1.82, 2.24) is 14.3 Å². The Balaban J connectivity index is 0.00000192. The Morgan fingerprint density at radius 1 is 1.52 bits per heavy atom. The van der Waals surface area contributed by atoms with E-state index in [0.29, 0.717) is 23.0 Å². The van der Waals surface area contributed by atoms with E-state index < -0.39 is 0 Å². The lowest BCUT2D eigenvalue weighted by atomic mass is 10.2. The van der Waals surface area contributed by atoms with E-state index in [1.807, 2.05) is 10.3 Å². The van der Waals surface area contributed by atoms with Crippen molar-refractivity contribution < 1.29 is 4.79 Å². The molecular weight excluding hydrogens is 356 g/mol. The first-order chi connectivity index (χ1) is 10.7. The van der Waals surface area contributed by atoms with Crippen LogP contribution >= 0.6 is 35.5 Å². The van der Waals surface area contributed by atoms with Gasteiger partial charge in [-0.25, -0.2) is 4.98 Å². The molecule has 3 rings (SSSR count). The van der Waals surface area contributed by atoms with Crippen LogP contribution in [0, 0.1) is 0 Å². The topological polar surface area (TPSA) is 80.7 Å². The van der Waals surface area contributed by atoms with Gasteiger partial charge in [-0.3, -0.25) is 14.0 Å². The third-order valence-corrected chi connectivity index (χ3v) is 5.51. The number of hydrogen-bond acceptors (Lipinski definition) is 6. The summed E-state index contributed by atoms with van der Waals surface area (Å²) >= 11 is 2.93. The molecule has 6 nitrogen and oxygen atoms in total. The van der Waals surface area contributed by atoms with Gasteiger partial charge in [0.1, 0.15) is 0 Å². The summed E-state index contributed by atoms with van der Waals surface area (Å²) in [6.45, 7) is 1.34. The third kappa shape index (κ3) is 4.06. The van der Waals surface area contributed by atoms with Crippen molar-refractivity contribution in [1.29, 1.82) is 0 Å². The van der Waals surface area contributed by atoms with Crippen LogP contribution in [0.4, 0.5) is 0 Å². The van der Waals surface area contributed by atoms with Gasteiger partial charge in [0.15, 0.2) is 4.96 Å². The first kappa shape index (κ1) is 18.3. The molecule has 1 saturated heterocycles. The predicted molar refractivity (Wildman–Crippen MR) is 96.5 cm³/mol. The minimum absolute atomic E-state index is 0. The van der Waals surface area contributed by atoms with Gasteiger partial charge in [-0.15, -0.1) is 35.5 Å². The Hall–Kier alpha value is -1.09. The molecule has 1 aliphatic heterocycles. The number of amides is 1. The zero-order valence-electron chi connectivity index (χ0n) is 12.5. The number of nitrogens with zero attached hydrogens (tertiary/aromatic N) is 3. The van der Waals surface area contributed by atoms with Crippen molar-refractivity contribution in [3.05, 3.63) is 33.7 Å². The van der Waals surface area contributed by atoms with Crippen LogP contribution in [0.1, 0.15) is 18.5 Å². The second-order valence-corrected chi connectivity index (χ2v) is 7.11. The molecule has 1 unspecified atom stereocenters. The molecule has 2 aromatic heterocycles. The van der Waals surface area contributed by atoms with E-state index in [1.54, 1.807) is 6.20 Å². The van der Waals surface area contributed by atoms with Gasteiger partial charge in [-0.1, -0.05) is 0 Å². The highest BCUT2D eigenvalue weighted by Gasteiger charge is 2.27. The smallest absolute Gasteiger partial charge is 0.258 e. The maximum absolute atomic E-state index is 12.2. The lowest BCUT2D eigenvalue weighted by molar-refractivity contribution is -0.128. The zero-order chi connectivity index (χ0) is 15.5. The van der Waals surface area contributed by atoms with Crippen LogP contribution in [0.2, 0.25) is 0 Å². The highest BCUT2D eigenvalue weighted by atomic mass is 35.5. The molecule has 2 aromatic rings. The van der Waals surface area contributed by atoms with Gasteiger partial charge in [0.25, 0.3) is 5.56 Å². The molecule has 0 aromatic carbocycles. The molecule has 1 fully saturated rings. The summed E-state index contributed by atoms with van der Waals surface area (Å²) in [6, 6.07) is 1.73. The van der Waals surface area contributed by atoms with E-state index in [0.717, 1.165) is 25.1 Å². The van der Waals surface area contributed by atoms with Crippen molar-refractivity contribution in [2.75, 3.05) is 18.8 Å². The molecule has 0 spiro atoms. The van der Waals surface area contributed by atoms with Gasteiger partial charge < -0.3 is 10.6 Å².